The third-order valence-electron chi connectivity index (χ3n) is 3.48. The number of rotatable bonds is 6. The van der Waals surface area contributed by atoms with Gasteiger partial charge in [-0.1, -0.05) is 35.7 Å². The highest BCUT2D eigenvalue weighted by atomic mass is 35.5. The zero-order chi connectivity index (χ0) is 19.2. The molecular formula is C19H17ClN2O3S. The van der Waals surface area contributed by atoms with E-state index in [0.717, 1.165) is 9.71 Å². The van der Waals surface area contributed by atoms with E-state index in [1.54, 1.807) is 42.5 Å². The number of terminal acetylenes is 1. The fourth-order valence-corrected chi connectivity index (χ4v) is 3.41. The number of anilines is 1. The molecule has 0 aliphatic carbocycles. The zero-order valence-corrected chi connectivity index (χ0v) is 15.6. The molecule has 5 nitrogen and oxygen atoms in total. The van der Waals surface area contributed by atoms with Gasteiger partial charge in [0.1, 0.15) is 6.54 Å². The van der Waals surface area contributed by atoms with Crippen molar-refractivity contribution in [2.45, 2.75) is 0 Å². The average molecular weight is 389 g/mol. The number of nitrogens with one attached hydrogen (secondary N) is 1. The number of nitrogens with zero attached hydrogens (tertiary/aromatic N) is 1. The molecule has 0 aromatic heterocycles. The van der Waals surface area contributed by atoms with E-state index in [2.05, 4.69) is 11.2 Å². The second-order valence-electron chi connectivity index (χ2n) is 5.27. The Morgan fingerprint density at radius 1 is 1.27 bits per heavy atom. The van der Waals surface area contributed by atoms with Gasteiger partial charge in [0.05, 0.1) is 11.1 Å². The molecule has 0 bridgehead atoms. The normalized spacial score (nSPS) is 11.1. The lowest BCUT2D eigenvalue weighted by Gasteiger charge is -2.22. The third-order valence-corrected chi connectivity index (χ3v) is 5.16. The second kappa shape index (κ2) is 8.56. The molecule has 0 spiro atoms. The summed E-state index contributed by atoms with van der Waals surface area (Å²) in [6.45, 7) is -0.363. The summed E-state index contributed by atoms with van der Waals surface area (Å²) in [6.07, 6.45) is 6.82. The minimum Gasteiger partial charge on any atom is -0.358 e. The molecule has 26 heavy (non-hydrogen) atoms. The number of sulfonamides is 1. The molecule has 2 aromatic carbocycles. The van der Waals surface area contributed by atoms with Gasteiger partial charge in [-0.3, -0.25) is 9.10 Å². The van der Waals surface area contributed by atoms with Crippen LogP contribution in [0.25, 0.3) is 6.08 Å². The maximum atomic E-state index is 12.8. The maximum absolute atomic E-state index is 12.8. The first kappa shape index (κ1) is 19.6. The van der Waals surface area contributed by atoms with Crippen molar-refractivity contribution in [1.82, 2.24) is 5.32 Å². The molecule has 0 fully saturated rings. The van der Waals surface area contributed by atoms with Crippen LogP contribution in [0.4, 0.5) is 5.69 Å². The SMILES string of the molecule is C#Cc1cccc(N(CC(=O)NC)S(=O)(=O)/C=C/c2ccc(Cl)cc2)c1. The third kappa shape index (κ3) is 5.12. The predicted molar refractivity (Wildman–Crippen MR) is 105 cm³/mol. The quantitative estimate of drug-likeness (QED) is 0.774. The lowest BCUT2D eigenvalue weighted by Crippen LogP contribution is -2.38. The fourth-order valence-electron chi connectivity index (χ4n) is 2.10. The molecule has 0 unspecified atom stereocenters. The summed E-state index contributed by atoms with van der Waals surface area (Å²) in [4.78, 5) is 11.8. The van der Waals surface area contributed by atoms with Crippen LogP contribution in [0.3, 0.4) is 0 Å². The molecule has 7 heteroatoms. The van der Waals surface area contributed by atoms with Gasteiger partial charge in [0, 0.05) is 17.6 Å². The van der Waals surface area contributed by atoms with Gasteiger partial charge in [0.15, 0.2) is 0 Å². The molecule has 0 saturated heterocycles. The van der Waals surface area contributed by atoms with Crippen LogP contribution in [0.5, 0.6) is 0 Å². The smallest absolute Gasteiger partial charge is 0.257 e. The van der Waals surface area contributed by atoms with Crippen molar-refractivity contribution >= 4 is 39.3 Å². The Morgan fingerprint density at radius 2 is 1.96 bits per heavy atom. The Balaban J connectivity index is 2.40. The van der Waals surface area contributed by atoms with Gasteiger partial charge in [-0.2, -0.15) is 0 Å². The van der Waals surface area contributed by atoms with E-state index in [1.807, 2.05) is 0 Å². The van der Waals surface area contributed by atoms with Crippen LogP contribution in [-0.2, 0) is 14.8 Å². The van der Waals surface area contributed by atoms with Crippen molar-refractivity contribution < 1.29 is 13.2 Å². The van der Waals surface area contributed by atoms with Crippen molar-refractivity contribution in [1.29, 1.82) is 0 Å². The molecule has 1 amide bonds. The van der Waals surface area contributed by atoms with Crippen LogP contribution >= 0.6 is 11.6 Å². The summed E-state index contributed by atoms with van der Waals surface area (Å²) in [5.74, 6) is 2.01. The highest BCUT2D eigenvalue weighted by Gasteiger charge is 2.22. The van der Waals surface area contributed by atoms with E-state index in [1.165, 1.54) is 19.2 Å². The molecule has 2 rings (SSSR count). The van der Waals surface area contributed by atoms with Crippen LogP contribution in [0.15, 0.2) is 53.9 Å². The number of likely N-dealkylation sites (N-methyl/N-ethyl adjacent to an activating group) is 1. The van der Waals surface area contributed by atoms with Gasteiger partial charge in [-0.05, 0) is 42.0 Å². The molecule has 2 aromatic rings. The number of hydrogen-bond acceptors (Lipinski definition) is 3. The summed E-state index contributed by atoms with van der Waals surface area (Å²) in [5.41, 5.74) is 1.49. The lowest BCUT2D eigenvalue weighted by atomic mass is 10.2. The average Bonchev–Trinajstić information content (AvgIpc) is 2.65. The van der Waals surface area contributed by atoms with Crippen molar-refractivity contribution in [3.05, 3.63) is 70.1 Å². The molecule has 1 N–H and O–H groups in total. The molecule has 0 atom stereocenters. The van der Waals surface area contributed by atoms with Gasteiger partial charge in [0.25, 0.3) is 10.0 Å². The van der Waals surface area contributed by atoms with E-state index in [0.29, 0.717) is 21.8 Å². The number of carbonyl (C=O) groups is 1. The Bertz CT molecular complexity index is 961. The first-order valence-corrected chi connectivity index (χ1v) is 9.47. The Labute approximate surface area is 158 Å². The molecule has 0 aliphatic rings. The van der Waals surface area contributed by atoms with Crippen molar-refractivity contribution in [3.63, 3.8) is 0 Å². The largest absolute Gasteiger partial charge is 0.358 e. The Morgan fingerprint density at radius 3 is 2.58 bits per heavy atom. The van der Waals surface area contributed by atoms with Gasteiger partial charge < -0.3 is 5.32 Å². The van der Waals surface area contributed by atoms with Gasteiger partial charge >= 0.3 is 0 Å². The molecular weight excluding hydrogens is 372 g/mol. The Kier molecular flexibility index (Phi) is 6.45. The van der Waals surface area contributed by atoms with Gasteiger partial charge in [0.2, 0.25) is 5.91 Å². The van der Waals surface area contributed by atoms with Crippen LogP contribution in [0.1, 0.15) is 11.1 Å². The van der Waals surface area contributed by atoms with E-state index >= 15 is 0 Å². The summed E-state index contributed by atoms with van der Waals surface area (Å²) in [6, 6.07) is 13.1. The summed E-state index contributed by atoms with van der Waals surface area (Å²) >= 11 is 5.82. The van der Waals surface area contributed by atoms with E-state index in [4.69, 9.17) is 18.0 Å². The maximum Gasteiger partial charge on any atom is 0.257 e. The number of amides is 1. The number of hydrogen-bond donors (Lipinski definition) is 1. The number of carbonyl (C=O) groups excluding carboxylic acids is 1. The fraction of sp³-hybridized carbons (Fsp3) is 0.105. The van der Waals surface area contributed by atoms with E-state index < -0.39 is 15.9 Å². The molecule has 0 aliphatic heterocycles. The predicted octanol–water partition coefficient (Wildman–Crippen LogP) is 2.87. The molecule has 134 valence electrons. The minimum absolute atomic E-state index is 0.310. The number of benzene rings is 2. The monoisotopic (exact) mass is 388 g/mol. The number of halogens is 1. The van der Waals surface area contributed by atoms with Crippen molar-refractivity contribution in [2.75, 3.05) is 17.9 Å². The van der Waals surface area contributed by atoms with E-state index in [9.17, 15) is 13.2 Å². The van der Waals surface area contributed by atoms with Crippen molar-refractivity contribution in [2.24, 2.45) is 0 Å². The summed E-state index contributed by atoms with van der Waals surface area (Å²) in [5, 5.41) is 4.02. The lowest BCUT2D eigenvalue weighted by molar-refractivity contribution is -0.119. The van der Waals surface area contributed by atoms with Crippen LogP contribution < -0.4 is 9.62 Å². The van der Waals surface area contributed by atoms with Gasteiger partial charge in [-0.25, -0.2) is 8.42 Å². The summed E-state index contributed by atoms with van der Waals surface area (Å²) < 4.78 is 26.6. The first-order valence-electron chi connectivity index (χ1n) is 7.59. The highest BCUT2D eigenvalue weighted by molar-refractivity contribution is 7.95. The topological polar surface area (TPSA) is 66.5 Å². The minimum atomic E-state index is -3.92. The second-order valence-corrected chi connectivity index (χ2v) is 7.45. The zero-order valence-electron chi connectivity index (χ0n) is 14.0. The molecule has 0 saturated carbocycles. The molecule has 0 heterocycles. The summed E-state index contributed by atoms with van der Waals surface area (Å²) in [7, 11) is -2.48. The Hall–Kier alpha value is -2.75. The van der Waals surface area contributed by atoms with Crippen LogP contribution in [0, 0.1) is 12.3 Å². The highest BCUT2D eigenvalue weighted by Crippen LogP contribution is 2.21. The van der Waals surface area contributed by atoms with Crippen LogP contribution in [-0.4, -0.2) is 27.9 Å². The van der Waals surface area contributed by atoms with Crippen molar-refractivity contribution in [3.8, 4) is 12.3 Å². The van der Waals surface area contributed by atoms with Gasteiger partial charge in [-0.15, -0.1) is 6.42 Å². The van der Waals surface area contributed by atoms with Crippen LogP contribution in [0.2, 0.25) is 5.02 Å². The van der Waals surface area contributed by atoms with E-state index in [-0.39, 0.29) is 6.54 Å². The standard InChI is InChI=1S/C19H17ClN2O3S/c1-3-15-5-4-6-18(13-15)22(14-19(23)21-2)26(24,25)12-11-16-7-9-17(20)10-8-16/h1,4-13H,14H2,2H3,(H,21,23)/b12-11+. The first-order chi connectivity index (χ1) is 12.4. The molecule has 0 radical (unpaired) electrons.